The number of amides is 1. The van der Waals surface area contributed by atoms with E-state index in [2.05, 4.69) is 5.32 Å². The van der Waals surface area contributed by atoms with Crippen LogP contribution in [0.2, 0.25) is 0 Å². The molecule has 8 nitrogen and oxygen atoms in total. The molecule has 0 bridgehead atoms. The molecule has 0 fully saturated rings. The SMILES string of the molecule is CO.O=C[C@H](Cc1ccc(-c2ccc([N+](=O)[O-])cc2)cc1)NC(=O)c1cc(-c2ccc(C(F)(F)F)cc2)ccc1O. The van der Waals surface area contributed by atoms with E-state index in [4.69, 9.17) is 5.11 Å². The lowest BCUT2D eigenvalue weighted by molar-refractivity contribution is -0.384. The van der Waals surface area contributed by atoms with Crippen molar-refractivity contribution in [2.75, 3.05) is 7.11 Å². The van der Waals surface area contributed by atoms with Gasteiger partial charge in [-0.2, -0.15) is 13.2 Å². The lowest BCUT2D eigenvalue weighted by Crippen LogP contribution is -2.37. The Kier molecular flexibility index (Phi) is 9.94. The first-order chi connectivity index (χ1) is 19.5. The number of carbonyl (C=O) groups is 2. The van der Waals surface area contributed by atoms with E-state index in [1.165, 1.54) is 42.5 Å². The molecular formula is C30H25F3N2O6. The molecule has 4 aromatic rings. The normalized spacial score (nSPS) is 11.5. The number of phenolic OH excluding ortho intramolecular Hbond substituents is 1. The molecule has 4 rings (SSSR count). The zero-order valence-electron chi connectivity index (χ0n) is 21.6. The van der Waals surface area contributed by atoms with E-state index in [0.717, 1.165) is 35.9 Å². The number of nitrogens with one attached hydrogen (secondary N) is 1. The van der Waals surface area contributed by atoms with Gasteiger partial charge in [-0.1, -0.05) is 42.5 Å². The number of alkyl halides is 3. The van der Waals surface area contributed by atoms with Crippen LogP contribution in [-0.2, 0) is 17.4 Å². The van der Waals surface area contributed by atoms with Gasteiger partial charge in [0.05, 0.1) is 22.1 Å². The lowest BCUT2D eigenvalue weighted by atomic mass is 9.99. The fourth-order valence-corrected chi connectivity index (χ4v) is 3.99. The molecule has 11 heteroatoms. The second-order valence-corrected chi connectivity index (χ2v) is 8.73. The van der Waals surface area contributed by atoms with Crippen LogP contribution in [0.5, 0.6) is 5.75 Å². The van der Waals surface area contributed by atoms with Crippen LogP contribution in [0.4, 0.5) is 18.9 Å². The van der Waals surface area contributed by atoms with Crippen molar-refractivity contribution in [1.82, 2.24) is 5.32 Å². The maximum atomic E-state index is 12.9. The number of carbonyl (C=O) groups excluding carboxylic acids is 2. The highest BCUT2D eigenvalue weighted by Crippen LogP contribution is 2.32. The van der Waals surface area contributed by atoms with Crippen LogP contribution in [0.15, 0.2) is 91.0 Å². The van der Waals surface area contributed by atoms with Gasteiger partial charge in [-0.05, 0) is 70.6 Å². The Morgan fingerprint density at radius 3 is 1.88 bits per heavy atom. The van der Waals surface area contributed by atoms with Crippen LogP contribution in [0, 0.1) is 10.1 Å². The number of aliphatic hydroxyl groups excluding tert-OH is 1. The third-order valence-corrected chi connectivity index (χ3v) is 6.09. The summed E-state index contributed by atoms with van der Waals surface area (Å²) in [5, 5.41) is 30.6. The Labute approximate surface area is 232 Å². The number of aliphatic hydroxyl groups is 1. The summed E-state index contributed by atoms with van der Waals surface area (Å²) in [5.74, 6) is -1.07. The van der Waals surface area contributed by atoms with Crippen molar-refractivity contribution in [2.45, 2.75) is 18.6 Å². The fraction of sp³-hybridized carbons (Fsp3) is 0.133. The number of non-ortho nitro benzene ring substituents is 1. The highest BCUT2D eigenvalue weighted by molar-refractivity contribution is 5.99. The van der Waals surface area contributed by atoms with Crippen molar-refractivity contribution in [1.29, 1.82) is 0 Å². The van der Waals surface area contributed by atoms with Gasteiger partial charge < -0.3 is 20.3 Å². The Morgan fingerprint density at radius 1 is 0.878 bits per heavy atom. The topological polar surface area (TPSA) is 130 Å². The number of nitro benzene ring substituents is 1. The first-order valence-electron chi connectivity index (χ1n) is 12.1. The molecule has 41 heavy (non-hydrogen) atoms. The number of aromatic hydroxyl groups is 1. The summed E-state index contributed by atoms with van der Waals surface area (Å²) >= 11 is 0. The molecule has 0 aliphatic carbocycles. The fourth-order valence-electron chi connectivity index (χ4n) is 3.99. The molecule has 0 radical (unpaired) electrons. The number of hydrogen-bond acceptors (Lipinski definition) is 6. The van der Waals surface area contributed by atoms with Crippen molar-refractivity contribution in [3.05, 3.63) is 118 Å². The standard InChI is InChI=1S/C29H21F3N2O5.CH4O/c30-29(31,32)23-10-5-21(6-11-23)22-9-14-27(36)26(16-22)28(37)33-24(17-35)15-18-1-3-19(4-2-18)20-7-12-25(13-8-20)34(38)39;1-2/h1-14,16-17,24,36H,15H2,(H,33,37);2H,1H3/t24-;/m0./s1. The number of hydrogen-bond donors (Lipinski definition) is 3. The van der Waals surface area contributed by atoms with Gasteiger partial charge in [-0.15, -0.1) is 0 Å². The number of benzene rings is 4. The number of phenols is 1. The summed E-state index contributed by atoms with van der Waals surface area (Å²) in [5.41, 5.74) is 2.19. The van der Waals surface area contributed by atoms with E-state index < -0.39 is 28.6 Å². The average molecular weight is 567 g/mol. The molecule has 212 valence electrons. The van der Waals surface area contributed by atoms with E-state index in [1.54, 1.807) is 36.4 Å². The summed E-state index contributed by atoms with van der Waals surface area (Å²) < 4.78 is 38.6. The number of rotatable bonds is 8. The van der Waals surface area contributed by atoms with Crippen LogP contribution < -0.4 is 5.32 Å². The van der Waals surface area contributed by atoms with E-state index in [9.17, 15) is 38.0 Å². The van der Waals surface area contributed by atoms with Gasteiger partial charge in [0.2, 0.25) is 0 Å². The molecule has 0 unspecified atom stereocenters. The predicted molar refractivity (Wildman–Crippen MR) is 146 cm³/mol. The second-order valence-electron chi connectivity index (χ2n) is 8.73. The maximum absolute atomic E-state index is 12.9. The molecule has 0 aliphatic rings. The first kappa shape index (κ1) is 30.5. The predicted octanol–water partition coefficient (Wildman–Crippen LogP) is 5.80. The molecule has 0 spiro atoms. The molecule has 1 amide bonds. The Hall–Kier alpha value is -5.03. The highest BCUT2D eigenvalue weighted by atomic mass is 19.4. The van der Waals surface area contributed by atoms with Crippen molar-refractivity contribution in [3.63, 3.8) is 0 Å². The van der Waals surface area contributed by atoms with Crippen molar-refractivity contribution < 1.29 is 37.9 Å². The molecular weight excluding hydrogens is 541 g/mol. The third kappa shape index (κ3) is 7.76. The zero-order valence-corrected chi connectivity index (χ0v) is 21.6. The van der Waals surface area contributed by atoms with E-state index in [0.29, 0.717) is 17.4 Å². The van der Waals surface area contributed by atoms with Gasteiger partial charge in [0, 0.05) is 19.2 Å². The second kappa shape index (κ2) is 13.4. The summed E-state index contributed by atoms with van der Waals surface area (Å²) in [6.07, 6.45) is -3.75. The zero-order chi connectivity index (χ0) is 30.2. The Morgan fingerprint density at radius 2 is 1.37 bits per heavy atom. The highest BCUT2D eigenvalue weighted by Gasteiger charge is 2.30. The van der Waals surface area contributed by atoms with Gasteiger partial charge in [0.1, 0.15) is 12.0 Å². The van der Waals surface area contributed by atoms with Crippen LogP contribution in [0.1, 0.15) is 21.5 Å². The van der Waals surface area contributed by atoms with Crippen molar-refractivity contribution >= 4 is 17.9 Å². The molecule has 0 aliphatic heterocycles. The van der Waals surface area contributed by atoms with Crippen molar-refractivity contribution in [3.8, 4) is 28.0 Å². The third-order valence-electron chi connectivity index (χ3n) is 6.09. The van der Waals surface area contributed by atoms with Gasteiger partial charge >= 0.3 is 6.18 Å². The van der Waals surface area contributed by atoms with Crippen LogP contribution in [-0.4, -0.2) is 40.5 Å². The Balaban J connectivity index is 0.00000226. The van der Waals surface area contributed by atoms with E-state index in [-0.39, 0.29) is 23.4 Å². The molecule has 0 heterocycles. The van der Waals surface area contributed by atoms with Gasteiger partial charge in [0.25, 0.3) is 11.6 Å². The number of halogens is 3. The molecule has 4 aromatic carbocycles. The van der Waals surface area contributed by atoms with Crippen LogP contribution >= 0.6 is 0 Å². The molecule has 1 atom stereocenters. The van der Waals surface area contributed by atoms with Crippen LogP contribution in [0.25, 0.3) is 22.3 Å². The van der Waals surface area contributed by atoms with Gasteiger partial charge in [0.15, 0.2) is 0 Å². The monoisotopic (exact) mass is 566 g/mol. The van der Waals surface area contributed by atoms with E-state index >= 15 is 0 Å². The van der Waals surface area contributed by atoms with Gasteiger partial charge in [-0.25, -0.2) is 0 Å². The van der Waals surface area contributed by atoms with Crippen molar-refractivity contribution in [2.24, 2.45) is 0 Å². The summed E-state index contributed by atoms with van der Waals surface area (Å²) in [6, 6.07) is 20.7. The lowest BCUT2D eigenvalue weighted by Gasteiger charge is -2.15. The minimum atomic E-state index is -4.48. The smallest absolute Gasteiger partial charge is 0.416 e. The first-order valence-corrected chi connectivity index (χ1v) is 12.1. The molecule has 3 N–H and O–H groups in total. The number of nitro groups is 1. The average Bonchev–Trinajstić information content (AvgIpc) is 2.98. The molecule has 0 saturated carbocycles. The number of nitrogens with zero attached hydrogens (tertiary/aromatic N) is 1. The molecule has 0 aromatic heterocycles. The van der Waals surface area contributed by atoms with E-state index in [1.807, 2.05) is 0 Å². The number of aldehydes is 1. The summed E-state index contributed by atoms with van der Waals surface area (Å²) in [6.45, 7) is 0. The van der Waals surface area contributed by atoms with Crippen LogP contribution in [0.3, 0.4) is 0 Å². The summed E-state index contributed by atoms with van der Waals surface area (Å²) in [4.78, 5) is 34.9. The van der Waals surface area contributed by atoms with Gasteiger partial charge in [-0.3, -0.25) is 14.9 Å². The quantitative estimate of drug-likeness (QED) is 0.140. The summed E-state index contributed by atoms with van der Waals surface area (Å²) in [7, 11) is 1.00. The minimum Gasteiger partial charge on any atom is -0.507 e. The largest absolute Gasteiger partial charge is 0.507 e. The minimum absolute atomic E-state index is 0.0177. The maximum Gasteiger partial charge on any atom is 0.416 e. The Bertz CT molecular complexity index is 1500. The molecule has 0 saturated heterocycles.